The van der Waals surface area contributed by atoms with Crippen molar-refractivity contribution in [3.63, 3.8) is 0 Å². The minimum atomic E-state index is -0.991. The number of carboxylic acids is 1. The van der Waals surface area contributed by atoms with Crippen molar-refractivity contribution in [2.75, 3.05) is 5.75 Å². The molecule has 1 aromatic rings. The molecule has 0 radical (unpaired) electrons. The number of carboxylic acid groups (broad SMARTS) is 1. The van der Waals surface area contributed by atoms with Crippen LogP contribution < -0.4 is 0 Å². The number of benzene rings is 1. The molecule has 0 aromatic heterocycles. The molecule has 15 heavy (non-hydrogen) atoms. The van der Waals surface area contributed by atoms with Crippen molar-refractivity contribution < 1.29 is 15.0 Å². The molecule has 82 valence electrons. The molecule has 0 saturated carbocycles. The van der Waals surface area contributed by atoms with Crippen LogP contribution >= 0.6 is 11.8 Å². The number of hydrogen-bond acceptors (Lipinski definition) is 3. The van der Waals surface area contributed by atoms with Crippen molar-refractivity contribution in [1.29, 1.82) is 0 Å². The zero-order valence-electron chi connectivity index (χ0n) is 8.51. The van der Waals surface area contributed by atoms with Crippen LogP contribution in [-0.2, 0) is 4.79 Å². The molecule has 1 rings (SSSR count). The summed E-state index contributed by atoms with van der Waals surface area (Å²) < 4.78 is 0. The highest BCUT2D eigenvalue weighted by atomic mass is 32.2. The summed E-state index contributed by atoms with van der Waals surface area (Å²) in [5.41, 5.74) is 0.651. The zero-order chi connectivity index (χ0) is 11.3. The smallest absolute Gasteiger partial charge is 0.306 e. The van der Waals surface area contributed by atoms with Gasteiger partial charge in [0.15, 0.2) is 0 Å². The molecule has 0 saturated heterocycles. The molecule has 1 aromatic carbocycles. The molecule has 4 heteroatoms. The Morgan fingerprint density at radius 2 is 2.00 bits per heavy atom. The fraction of sp³-hybridized carbons (Fsp3) is 0.364. The summed E-state index contributed by atoms with van der Waals surface area (Å²) in [5, 5.41) is 18.0. The predicted octanol–water partition coefficient (Wildman–Crippen LogP) is 2.31. The van der Waals surface area contributed by atoms with Crippen LogP contribution in [0.3, 0.4) is 0 Å². The van der Waals surface area contributed by atoms with Gasteiger partial charge in [-0.05, 0) is 23.4 Å². The van der Waals surface area contributed by atoms with Crippen LogP contribution in [0.2, 0.25) is 0 Å². The van der Waals surface area contributed by atoms with Gasteiger partial charge in [-0.15, -0.1) is 11.8 Å². The van der Waals surface area contributed by atoms with Crippen molar-refractivity contribution >= 4 is 17.7 Å². The lowest BCUT2D eigenvalue weighted by molar-refractivity contribution is -0.139. The fourth-order valence-electron chi connectivity index (χ4n) is 1.24. The first kappa shape index (κ1) is 12.1. The highest BCUT2D eigenvalue weighted by molar-refractivity contribution is 7.99. The molecule has 3 nitrogen and oxygen atoms in total. The second-order valence-corrected chi connectivity index (χ2v) is 4.45. The third-order valence-corrected chi connectivity index (χ3v) is 2.84. The normalized spacial score (nSPS) is 12.4. The van der Waals surface area contributed by atoms with Crippen LogP contribution in [0.1, 0.15) is 25.0 Å². The van der Waals surface area contributed by atoms with Gasteiger partial charge in [-0.25, -0.2) is 0 Å². The van der Waals surface area contributed by atoms with E-state index in [4.69, 9.17) is 5.11 Å². The van der Waals surface area contributed by atoms with Gasteiger partial charge in [-0.2, -0.15) is 0 Å². The fourth-order valence-corrected chi connectivity index (χ4v) is 1.90. The van der Waals surface area contributed by atoms with E-state index in [1.807, 2.05) is 12.1 Å². The van der Waals surface area contributed by atoms with E-state index in [9.17, 15) is 9.90 Å². The monoisotopic (exact) mass is 226 g/mol. The van der Waals surface area contributed by atoms with E-state index in [2.05, 4.69) is 6.92 Å². The van der Waals surface area contributed by atoms with E-state index in [1.54, 1.807) is 23.9 Å². The van der Waals surface area contributed by atoms with Crippen LogP contribution in [0, 0.1) is 0 Å². The van der Waals surface area contributed by atoms with Crippen molar-refractivity contribution in [3.8, 4) is 0 Å². The highest BCUT2D eigenvalue weighted by Crippen LogP contribution is 2.22. The summed E-state index contributed by atoms with van der Waals surface area (Å²) in [5.74, 6) is 0.00586. The van der Waals surface area contributed by atoms with Crippen LogP contribution in [0.25, 0.3) is 0 Å². The van der Waals surface area contributed by atoms with Crippen molar-refractivity contribution in [1.82, 2.24) is 0 Å². The average molecular weight is 226 g/mol. The molecule has 1 atom stereocenters. The number of thioether (sulfide) groups is 1. The van der Waals surface area contributed by atoms with Gasteiger partial charge in [0.05, 0.1) is 12.5 Å². The Balaban J connectivity index is 2.66. The van der Waals surface area contributed by atoms with Gasteiger partial charge in [-0.1, -0.05) is 19.1 Å². The van der Waals surface area contributed by atoms with E-state index in [1.165, 1.54) is 0 Å². The highest BCUT2D eigenvalue weighted by Gasteiger charge is 2.11. The summed E-state index contributed by atoms with van der Waals surface area (Å²) >= 11 is 1.71. The first-order chi connectivity index (χ1) is 7.13. The Hall–Kier alpha value is -1.00. The van der Waals surface area contributed by atoms with E-state index in [0.29, 0.717) is 5.56 Å². The van der Waals surface area contributed by atoms with Gasteiger partial charge in [0.25, 0.3) is 0 Å². The molecule has 0 fully saturated rings. The molecule has 0 bridgehead atoms. The molecule has 2 N–H and O–H groups in total. The quantitative estimate of drug-likeness (QED) is 0.756. The summed E-state index contributed by atoms with van der Waals surface area (Å²) in [6, 6.07) is 7.33. The topological polar surface area (TPSA) is 57.5 Å². The number of aliphatic carboxylic acids is 1. The third kappa shape index (κ3) is 3.93. The Morgan fingerprint density at radius 3 is 2.47 bits per heavy atom. The predicted molar refractivity (Wildman–Crippen MR) is 60.1 cm³/mol. The summed E-state index contributed by atoms with van der Waals surface area (Å²) in [6.45, 7) is 2.07. The van der Waals surface area contributed by atoms with Crippen LogP contribution in [0.15, 0.2) is 29.2 Å². The molecule has 1 unspecified atom stereocenters. The Kier molecular flexibility index (Phi) is 4.65. The largest absolute Gasteiger partial charge is 0.481 e. The molecule has 0 aliphatic rings. The summed E-state index contributed by atoms with van der Waals surface area (Å²) in [4.78, 5) is 11.5. The van der Waals surface area contributed by atoms with Crippen molar-refractivity contribution in [2.45, 2.75) is 24.3 Å². The summed E-state index contributed by atoms with van der Waals surface area (Å²) in [6.07, 6.45) is -1.16. The molecule has 0 aliphatic heterocycles. The minimum Gasteiger partial charge on any atom is -0.481 e. The Morgan fingerprint density at radius 1 is 1.40 bits per heavy atom. The van der Waals surface area contributed by atoms with Crippen LogP contribution in [0.5, 0.6) is 0 Å². The van der Waals surface area contributed by atoms with Gasteiger partial charge in [0, 0.05) is 4.90 Å². The standard InChI is InChI=1S/C11H14O3S/c1-2-15-9-5-3-8(4-6-9)10(12)7-11(13)14/h3-6,10,12H,2,7H2,1H3,(H,13,14). The third-order valence-electron chi connectivity index (χ3n) is 1.94. The van der Waals surface area contributed by atoms with E-state index < -0.39 is 12.1 Å². The lowest BCUT2D eigenvalue weighted by atomic mass is 10.1. The van der Waals surface area contributed by atoms with Crippen LogP contribution in [-0.4, -0.2) is 21.9 Å². The zero-order valence-corrected chi connectivity index (χ0v) is 9.33. The van der Waals surface area contributed by atoms with E-state index in [0.717, 1.165) is 10.6 Å². The van der Waals surface area contributed by atoms with E-state index >= 15 is 0 Å². The van der Waals surface area contributed by atoms with Gasteiger partial charge in [0.1, 0.15) is 0 Å². The first-order valence-electron chi connectivity index (χ1n) is 4.76. The lowest BCUT2D eigenvalue weighted by Crippen LogP contribution is -2.05. The first-order valence-corrected chi connectivity index (χ1v) is 5.74. The van der Waals surface area contributed by atoms with Gasteiger partial charge in [0.2, 0.25) is 0 Å². The van der Waals surface area contributed by atoms with E-state index in [-0.39, 0.29) is 6.42 Å². The lowest BCUT2D eigenvalue weighted by Gasteiger charge is -2.08. The van der Waals surface area contributed by atoms with Crippen molar-refractivity contribution in [2.24, 2.45) is 0 Å². The van der Waals surface area contributed by atoms with Gasteiger partial charge in [-0.3, -0.25) is 4.79 Å². The molecule has 0 heterocycles. The number of aliphatic hydroxyl groups is 1. The number of aliphatic hydroxyl groups excluding tert-OH is 1. The number of carbonyl (C=O) groups is 1. The second-order valence-electron chi connectivity index (χ2n) is 3.12. The second kappa shape index (κ2) is 5.78. The van der Waals surface area contributed by atoms with Gasteiger partial charge < -0.3 is 10.2 Å². The maximum absolute atomic E-state index is 10.4. The maximum atomic E-state index is 10.4. The van der Waals surface area contributed by atoms with Gasteiger partial charge >= 0.3 is 5.97 Å². The minimum absolute atomic E-state index is 0.250. The van der Waals surface area contributed by atoms with Crippen molar-refractivity contribution in [3.05, 3.63) is 29.8 Å². The molecular formula is C11H14O3S. The number of hydrogen-bond donors (Lipinski definition) is 2. The summed E-state index contributed by atoms with van der Waals surface area (Å²) in [7, 11) is 0. The molecule has 0 aliphatic carbocycles. The maximum Gasteiger partial charge on any atom is 0.306 e. The average Bonchev–Trinajstić information content (AvgIpc) is 2.18. The SMILES string of the molecule is CCSc1ccc(C(O)CC(=O)O)cc1. The van der Waals surface area contributed by atoms with Crippen LogP contribution in [0.4, 0.5) is 0 Å². The Bertz CT molecular complexity index is 321. The molecule has 0 amide bonds. The molecular weight excluding hydrogens is 212 g/mol. The molecule has 0 spiro atoms. The number of rotatable bonds is 5. The Labute approximate surface area is 93.1 Å².